The maximum Gasteiger partial charge on any atom is 0.273 e. The first-order valence-corrected chi connectivity index (χ1v) is 11.6. The van der Waals surface area contributed by atoms with E-state index in [4.69, 9.17) is 4.74 Å². The SMILES string of the molecule is COc1cccc(C2CCC(Nc3cc(-c4cnn(C)c4)cn(CC(C)C)c3=O)CC2)c1. The number of hydrogen-bond donors (Lipinski definition) is 1. The van der Waals surface area contributed by atoms with Gasteiger partial charge in [-0.2, -0.15) is 5.10 Å². The highest BCUT2D eigenvalue weighted by Crippen LogP contribution is 2.35. The molecule has 1 N–H and O–H groups in total. The summed E-state index contributed by atoms with van der Waals surface area (Å²) >= 11 is 0. The van der Waals surface area contributed by atoms with Crippen LogP contribution in [-0.4, -0.2) is 27.5 Å². The maximum atomic E-state index is 13.2. The standard InChI is InChI=1S/C26H34N4O2/c1-18(2)15-30-17-21(22-14-27-29(3)16-22)13-25(26(30)31)28-23-10-8-19(9-11-23)20-6-5-7-24(12-20)32-4/h5-7,12-14,16-19,23,28H,8-11,15H2,1-4H3. The summed E-state index contributed by atoms with van der Waals surface area (Å²) in [7, 11) is 3.62. The minimum absolute atomic E-state index is 0.0567. The molecule has 2 heterocycles. The minimum atomic E-state index is 0.0567. The van der Waals surface area contributed by atoms with Crippen LogP contribution < -0.4 is 15.6 Å². The zero-order valence-electron chi connectivity index (χ0n) is 19.5. The topological polar surface area (TPSA) is 61.1 Å². The van der Waals surface area contributed by atoms with Crippen LogP contribution in [0.25, 0.3) is 11.1 Å². The van der Waals surface area contributed by atoms with Crippen LogP contribution in [0.4, 0.5) is 5.69 Å². The van der Waals surface area contributed by atoms with Crippen LogP contribution in [-0.2, 0) is 13.6 Å². The fraction of sp³-hybridized carbons (Fsp3) is 0.462. The van der Waals surface area contributed by atoms with Crippen molar-refractivity contribution in [2.24, 2.45) is 13.0 Å². The molecule has 1 aromatic carbocycles. The minimum Gasteiger partial charge on any atom is -0.497 e. The third-order valence-corrected chi connectivity index (χ3v) is 6.34. The van der Waals surface area contributed by atoms with E-state index in [2.05, 4.69) is 42.5 Å². The van der Waals surface area contributed by atoms with Crippen LogP contribution in [0.2, 0.25) is 0 Å². The van der Waals surface area contributed by atoms with Crippen molar-refractivity contribution in [1.82, 2.24) is 14.3 Å². The number of anilines is 1. The number of benzene rings is 1. The lowest BCUT2D eigenvalue weighted by Gasteiger charge is -2.30. The highest BCUT2D eigenvalue weighted by atomic mass is 16.5. The Bertz CT molecular complexity index is 1110. The summed E-state index contributed by atoms with van der Waals surface area (Å²) in [5, 5.41) is 7.89. The van der Waals surface area contributed by atoms with Crippen molar-refractivity contribution in [3.8, 4) is 16.9 Å². The Hall–Kier alpha value is -3.02. The van der Waals surface area contributed by atoms with E-state index < -0.39 is 0 Å². The van der Waals surface area contributed by atoms with Gasteiger partial charge in [-0.15, -0.1) is 0 Å². The van der Waals surface area contributed by atoms with Gasteiger partial charge in [0.2, 0.25) is 0 Å². The zero-order chi connectivity index (χ0) is 22.7. The van der Waals surface area contributed by atoms with E-state index in [1.165, 1.54) is 5.56 Å². The van der Waals surface area contributed by atoms with Gasteiger partial charge in [-0.25, -0.2) is 0 Å². The average molecular weight is 435 g/mol. The number of nitrogens with one attached hydrogen (secondary N) is 1. The molecule has 2 aromatic heterocycles. The Balaban J connectivity index is 1.51. The molecular formula is C26H34N4O2. The summed E-state index contributed by atoms with van der Waals surface area (Å²) in [4.78, 5) is 13.2. The lowest BCUT2D eigenvalue weighted by Crippen LogP contribution is -2.31. The number of aryl methyl sites for hydroxylation is 1. The molecule has 6 nitrogen and oxygen atoms in total. The smallest absolute Gasteiger partial charge is 0.273 e. The Labute approximate surface area is 190 Å². The predicted octanol–water partition coefficient (Wildman–Crippen LogP) is 5.05. The lowest BCUT2D eigenvalue weighted by molar-refractivity contribution is 0.401. The molecule has 1 aliphatic rings. The lowest BCUT2D eigenvalue weighted by atomic mass is 9.81. The maximum absolute atomic E-state index is 13.2. The number of ether oxygens (including phenoxy) is 1. The van der Waals surface area contributed by atoms with E-state index in [-0.39, 0.29) is 5.56 Å². The molecule has 0 radical (unpaired) electrons. The van der Waals surface area contributed by atoms with Crippen LogP contribution >= 0.6 is 0 Å². The van der Waals surface area contributed by atoms with Crippen molar-refractivity contribution in [2.45, 2.75) is 58.0 Å². The van der Waals surface area contributed by atoms with Crippen LogP contribution in [0.3, 0.4) is 0 Å². The summed E-state index contributed by atoms with van der Waals surface area (Å²) < 4.78 is 9.03. The average Bonchev–Trinajstić information content (AvgIpc) is 3.23. The number of aromatic nitrogens is 3. The normalized spacial score (nSPS) is 18.7. The molecule has 32 heavy (non-hydrogen) atoms. The molecule has 0 amide bonds. The number of rotatable bonds is 7. The van der Waals surface area contributed by atoms with Gasteiger partial charge in [0, 0.05) is 43.2 Å². The molecule has 0 spiro atoms. The van der Waals surface area contributed by atoms with Crippen molar-refractivity contribution in [1.29, 1.82) is 0 Å². The van der Waals surface area contributed by atoms with E-state index in [0.29, 0.717) is 30.1 Å². The summed E-state index contributed by atoms with van der Waals surface area (Å²) in [6, 6.07) is 10.7. The first kappa shape index (κ1) is 22.2. The summed E-state index contributed by atoms with van der Waals surface area (Å²) in [5.41, 5.74) is 4.14. The second kappa shape index (κ2) is 9.63. The summed E-state index contributed by atoms with van der Waals surface area (Å²) in [6.07, 6.45) is 10.1. The van der Waals surface area contributed by atoms with E-state index in [1.54, 1.807) is 11.8 Å². The Kier molecular flexibility index (Phi) is 6.68. The second-order valence-electron chi connectivity index (χ2n) is 9.37. The van der Waals surface area contributed by atoms with Gasteiger partial charge in [-0.1, -0.05) is 26.0 Å². The van der Waals surface area contributed by atoms with Gasteiger partial charge < -0.3 is 14.6 Å². The third kappa shape index (κ3) is 5.06. The van der Waals surface area contributed by atoms with E-state index in [0.717, 1.165) is 42.6 Å². The quantitative estimate of drug-likeness (QED) is 0.565. The largest absolute Gasteiger partial charge is 0.497 e. The van der Waals surface area contributed by atoms with Crippen molar-refractivity contribution in [2.75, 3.05) is 12.4 Å². The third-order valence-electron chi connectivity index (χ3n) is 6.34. The van der Waals surface area contributed by atoms with Gasteiger partial charge in [0.15, 0.2) is 0 Å². The van der Waals surface area contributed by atoms with Gasteiger partial charge >= 0.3 is 0 Å². The Morgan fingerprint density at radius 2 is 1.91 bits per heavy atom. The van der Waals surface area contributed by atoms with Crippen molar-refractivity contribution in [3.63, 3.8) is 0 Å². The first-order chi connectivity index (χ1) is 15.4. The molecule has 4 rings (SSSR count). The fourth-order valence-electron chi connectivity index (χ4n) is 4.68. The molecule has 170 valence electrons. The highest BCUT2D eigenvalue weighted by Gasteiger charge is 2.24. The van der Waals surface area contributed by atoms with Gasteiger partial charge in [0.1, 0.15) is 11.4 Å². The molecule has 0 unspecified atom stereocenters. The van der Waals surface area contributed by atoms with E-state index in [9.17, 15) is 4.79 Å². The fourth-order valence-corrected chi connectivity index (χ4v) is 4.68. The number of hydrogen-bond acceptors (Lipinski definition) is 4. The van der Waals surface area contributed by atoms with Gasteiger partial charge in [0.05, 0.1) is 13.3 Å². The van der Waals surface area contributed by atoms with Gasteiger partial charge in [-0.05, 0) is 61.3 Å². The van der Waals surface area contributed by atoms with Crippen molar-refractivity contribution < 1.29 is 4.74 Å². The van der Waals surface area contributed by atoms with Crippen molar-refractivity contribution >= 4 is 5.69 Å². The predicted molar refractivity (Wildman–Crippen MR) is 129 cm³/mol. The van der Waals surface area contributed by atoms with Gasteiger partial charge in [0.25, 0.3) is 5.56 Å². The molecular weight excluding hydrogens is 400 g/mol. The summed E-state index contributed by atoms with van der Waals surface area (Å²) in [6.45, 7) is 4.97. The number of methoxy groups -OCH3 is 1. The molecule has 1 saturated carbocycles. The van der Waals surface area contributed by atoms with Crippen LogP contribution in [0.5, 0.6) is 5.75 Å². The van der Waals surface area contributed by atoms with Crippen LogP contribution in [0.15, 0.2) is 53.7 Å². The van der Waals surface area contributed by atoms with Gasteiger partial charge in [-0.3, -0.25) is 9.48 Å². The molecule has 0 atom stereocenters. The molecule has 0 bridgehead atoms. The molecule has 3 aromatic rings. The monoisotopic (exact) mass is 434 g/mol. The number of pyridine rings is 1. The van der Waals surface area contributed by atoms with E-state index >= 15 is 0 Å². The summed E-state index contributed by atoms with van der Waals surface area (Å²) in [5.74, 6) is 1.85. The van der Waals surface area contributed by atoms with Crippen molar-refractivity contribution in [3.05, 3.63) is 64.8 Å². The van der Waals surface area contributed by atoms with Crippen LogP contribution in [0, 0.1) is 5.92 Å². The van der Waals surface area contributed by atoms with Crippen LogP contribution in [0.1, 0.15) is 51.0 Å². The Morgan fingerprint density at radius 3 is 2.56 bits per heavy atom. The highest BCUT2D eigenvalue weighted by molar-refractivity contribution is 5.65. The number of nitrogens with zero attached hydrogens (tertiary/aromatic N) is 3. The molecule has 1 aliphatic carbocycles. The first-order valence-electron chi connectivity index (χ1n) is 11.6. The van der Waals surface area contributed by atoms with E-state index in [1.807, 2.05) is 42.3 Å². The Morgan fingerprint density at radius 1 is 1.12 bits per heavy atom. The molecule has 0 saturated heterocycles. The zero-order valence-corrected chi connectivity index (χ0v) is 19.5. The molecule has 6 heteroatoms. The molecule has 1 fully saturated rings. The second-order valence-corrected chi connectivity index (χ2v) is 9.37. The molecule has 0 aliphatic heterocycles.